The summed E-state index contributed by atoms with van der Waals surface area (Å²) in [7, 11) is 0. The van der Waals surface area contributed by atoms with Crippen LogP contribution in [0, 0.1) is 13.8 Å². The molecule has 0 fully saturated rings. The maximum atomic E-state index is 11.9. The largest absolute Gasteiger partial charge is 0.490 e. The van der Waals surface area contributed by atoms with Crippen LogP contribution >= 0.6 is 0 Å². The van der Waals surface area contributed by atoms with Gasteiger partial charge in [0.2, 0.25) is 0 Å². The maximum absolute atomic E-state index is 11.9. The van der Waals surface area contributed by atoms with Gasteiger partial charge in [-0.2, -0.15) is 0 Å². The second kappa shape index (κ2) is 21.6. The van der Waals surface area contributed by atoms with E-state index in [2.05, 4.69) is 19.7 Å². The Bertz CT molecular complexity index is 1840. The minimum atomic E-state index is -1.36. The van der Waals surface area contributed by atoms with Crippen LogP contribution in [0.5, 0.6) is 17.2 Å². The fraction of sp³-hybridized carbons (Fsp3) is 0.372. The molecular weight excluding hydrogens is 708 g/mol. The van der Waals surface area contributed by atoms with E-state index in [0.717, 1.165) is 33.4 Å². The number of benzene rings is 3. The molecule has 0 amide bonds. The summed E-state index contributed by atoms with van der Waals surface area (Å²) >= 11 is 0. The molecule has 0 heterocycles. The van der Waals surface area contributed by atoms with Crippen molar-refractivity contribution in [2.75, 3.05) is 39.6 Å². The van der Waals surface area contributed by atoms with E-state index < -0.39 is 30.4 Å². The molecule has 3 aromatic rings. The summed E-state index contributed by atoms with van der Waals surface area (Å²) in [5, 5.41) is 31.3. The van der Waals surface area contributed by atoms with Gasteiger partial charge >= 0.3 is 11.9 Å². The summed E-state index contributed by atoms with van der Waals surface area (Å²) in [6.45, 7) is 17.8. The van der Waals surface area contributed by atoms with E-state index in [-0.39, 0.29) is 56.6 Å². The van der Waals surface area contributed by atoms with E-state index in [9.17, 15) is 29.7 Å². The molecule has 55 heavy (non-hydrogen) atoms. The van der Waals surface area contributed by atoms with Gasteiger partial charge in [-0.1, -0.05) is 67.3 Å². The zero-order chi connectivity index (χ0) is 40.7. The number of esters is 2. The Kier molecular flexibility index (Phi) is 17.3. The first kappa shape index (κ1) is 44.1. The molecule has 296 valence electrons. The first-order valence-corrected chi connectivity index (χ1v) is 17.7. The molecule has 0 spiro atoms. The molecule has 0 aliphatic heterocycles. The van der Waals surface area contributed by atoms with Crippen LogP contribution in [0.4, 0.5) is 0 Å². The van der Waals surface area contributed by atoms with Gasteiger partial charge < -0.3 is 43.7 Å². The van der Waals surface area contributed by atoms with Crippen molar-refractivity contribution in [2.45, 2.75) is 66.0 Å². The number of Topliss-reactive ketones (excluding diaryl/α,β-unsaturated/α-hetero) is 1. The third-order valence-electron chi connectivity index (χ3n) is 7.97. The van der Waals surface area contributed by atoms with E-state index in [1.165, 1.54) is 13.8 Å². The number of hydrogen-bond acceptors (Lipinski definition) is 12. The Morgan fingerprint density at radius 3 is 1.49 bits per heavy atom. The van der Waals surface area contributed by atoms with Gasteiger partial charge in [0.05, 0.1) is 0 Å². The average Bonchev–Trinajstić information content (AvgIpc) is 3.13. The molecule has 3 aromatic carbocycles. The number of aryl methyl sites for hydroxylation is 2. The zero-order valence-corrected chi connectivity index (χ0v) is 32.2. The second-order valence-electron chi connectivity index (χ2n) is 13.5. The number of aliphatic hydroxyl groups is 3. The Morgan fingerprint density at radius 2 is 1.02 bits per heavy atom. The molecule has 3 unspecified atom stereocenters. The van der Waals surface area contributed by atoms with Crippen LogP contribution in [-0.2, 0) is 41.4 Å². The van der Waals surface area contributed by atoms with Crippen LogP contribution in [0.1, 0.15) is 54.2 Å². The quantitative estimate of drug-likeness (QED) is 0.0669. The summed E-state index contributed by atoms with van der Waals surface area (Å²) in [5.74, 6) is -0.0487. The van der Waals surface area contributed by atoms with Crippen molar-refractivity contribution in [1.82, 2.24) is 0 Å². The third kappa shape index (κ3) is 15.2. The maximum Gasteiger partial charge on any atom is 0.333 e. The van der Waals surface area contributed by atoms with E-state index >= 15 is 0 Å². The monoisotopic (exact) mass is 760 g/mol. The number of ketones is 1. The summed E-state index contributed by atoms with van der Waals surface area (Å²) in [4.78, 5) is 35.5. The molecule has 3 atom stereocenters. The topological polar surface area (TPSA) is 167 Å². The van der Waals surface area contributed by atoms with Crippen LogP contribution in [0.25, 0.3) is 0 Å². The van der Waals surface area contributed by atoms with Gasteiger partial charge in [-0.3, -0.25) is 4.79 Å². The fourth-order valence-electron chi connectivity index (χ4n) is 4.98. The highest BCUT2D eigenvalue weighted by Crippen LogP contribution is 2.31. The molecule has 0 aromatic heterocycles. The highest BCUT2D eigenvalue weighted by Gasteiger charge is 2.18. The van der Waals surface area contributed by atoms with E-state index in [0.29, 0.717) is 35.7 Å². The van der Waals surface area contributed by atoms with Crippen LogP contribution in [-0.4, -0.2) is 91.2 Å². The Labute approximate surface area is 322 Å². The van der Waals surface area contributed by atoms with Gasteiger partial charge in [0, 0.05) is 24.0 Å². The standard InChI is InChI=1S/C43H52O12/c1-26(2)37(46)24-53-41(47)25-52-39-13-10-30(8)16-33(39)19-34-18-31(11-14-40(34)51-21-36(45)23-55-43(49)28(5)6)17-32-15-29(7)9-12-38(32)50-20-35(44)22-54-42(48)27(3)4/h9-16,18,35-36,41,44-45,47H,1,3,5,17,19-25H2,2,4,6-8H3. The lowest BCUT2D eigenvalue weighted by atomic mass is 9.96. The normalized spacial score (nSPS) is 12.5. The smallest absolute Gasteiger partial charge is 0.333 e. The SMILES string of the molecule is C=C(C)C(=O)COC(O)COc1ccc(C)cc1Cc1cc(Cc2cc(C)ccc2OCC(O)COC(=O)C(=C)C)ccc1OCC(O)COC(=O)C(=C)C. The predicted octanol–water partition coefficient (Wildman–Crippen LogP) is 5.06. The zero-order valence-electron chi connectivity index (χ0n) is 32.2. The molecule has 0 saturated carbocycles. The number of aliphatic hydroxyl groups excluding tert-OH is 3. The van der Waals surface area contributed by atoms with Crippen molar-refractivity contribution in [3.63, 3.8) is 0 Å². The fourth-order valence-corrected chi connectivity index (χ4v) is 4.98. The van der Waals surface area contributed by atoms with E-state index in [1.807, 2.05) is 56.3 Å². The van der Waals surface area contributed by atoms with Crippen molar-refractivity contribution in [3.8, 4) is 17.2 Å². The lowest BCUT2D eigenvalue weighted by Gasteiger charge is -2.19. The van der Waals surface area contributed by atoms with Crippen molar-refractivity contribution < 1.29 is 58.1 Å². The molecule has 12 nitrogen and oxygen atoms in total. The Hall–Kier alpha value is -5.27. The van der Waals surface area contributed by atoms with Gasteiger partial charge in [-0.25, -0.2) is 9.59 Å². The van der Waals surface area contributed by atoms with Crippen molar-refractivity contribution in [1.29, 1.82) is 0 Å². The number of ether oxygens (including phenoxy) is 6. The summed E-state index contributed by atoms with van der Waals surface area (Å²) in [6.07, 6.45) is -2.78. The van der Waals surface area contributed by atoms with E-state index in [4.69, 9.17) is 28.4 Å². The second-order valence-corrected chi connectivity index (χ2v) is 13.5. The molecule has 0 aliphatic rings. The van der Waals surface area contributed by atoms with Crippen molar-refractivity contribution in [2.24, 2.45) is 0 Å². The molecule has 0 saturated heterocycles. The van der Waals surface area contributed by atoms with Crippen LogP contribution in [0.15, 0.2) is 91.1 Å². The van der Waals surface area contributed by atoms with Crippen molar-refractivity contribution in [3.05, 3.63) is 124 Å². The summed E-state index contributed by atoms with van der Waals surface area (Å²) in [5.41, 5.74) is 5.96. The van der Waals surface area contributed by atoms with Crippen LogP contribution in [0.2, 0.25) is 0 Å². The molecule has 0 aliphatic carbocycles. The van der Waals surface area contributed by atoms with Crippen LogP contribution in [0.3, 0.4) is 0 Å². The number of hydrogen-bond donors (Lipinski definition) is 3. The van der Waals surface area contributed by atoms with Gasteiger partial charge in [0.15, 0.2) is 12.1 Å². The number of rotatable bonds is 23. The lowest BCUT2D eigenvalue weighted by Crippen LogP contribution is -2.25. The molecule has 3 rings (SSSR count). The molecule has 0 bridgehead atoms. The molecule has 12 heteroatoms. The first-order chi connectivity index (χ1) is 26.0. The lowest BCUT2D eigenvalue weighted by molar-refractivity contribution is -0.143. The summed E-state index contributed by atoms with van der Waals surface area (Å²) in [6, 6.07) is 16.9. The van der Waals surface area contributed by atoms with Crippen LogP contribution < -0.4 is 14.2 Å². The minimum absolute atomic E-state index is 0.109. The summed E-state index contributed by atoms with van der Waals surface area (Å²) < 4.78 is 33.4. The minimum Gasteiger partial charge on any atom is -0.490 e. The van der Waals surface area contributed by atoms with Gasteiger partial charge in [-0.05, 0) is 80.6 Å². The van der Waals surface area contributed by atoms with Gasteiger partial charge in [-0.15, -0.1) is 0 Å². The molecule has 3 N–H and O–H groups in total. The number of carbonyl (C=O) groups is 3. The van der Waals surface area contributed by atoms with Gasteiger partial charge in [0.1, 0.15) is 69.1 Å². The highest BCUT2D eigenvalue weighted by molar-refractivity contribution is 5.95. The van der Waals surface area contributed by atoms with Gasteiger partial charge in [0.25, 0.3) is 0 Å². The first-order valence-electron chi connectivity index (χ1n) is 17.7. The predicted molar refractivity (Wildman–Crippen MR) is 206 cm³/mol. The Morgan fingerprint density at radius 1 is 0.582 bits per heavy atom. The Balaban J connectivity index is 1.87. The molecule has 0 radical (unpaired) electrons. The molecular formula is C43H52O12. The number of carbonyl (C=O) groups excluding carboxylic acids is 3. The highest BCUT2D eigenvalue weighted by atomic mass is 16.6. The average molecular weight is 761 g/mol. The van der Waals surface area contributed by atoms with E-state index in [1.54, 1.807) is 19.1 Å². The van der Waals surface area contributed by atoms with Crippen molar-refractivity contribution >= 4 is 17.7 Å². The third-order valence-corrected chi connectivity index (χ3v) is 7.97.